The van der Waals surface area contributed by atoms with Crippen LogP contribution in [0.15, 0.2) is 18.2 Å². The number of aliphatic hydroxyl groups excluding tert-OH is 1. The van der Waals surface area contributed by atoms with Crippen molar-refractivity contribution in [1.82, 2.24) is 0 Å². The minimum atomic E-state index is -4.37. The Balaban J connectivity index is 3.08. The lowest BCUT2D eigenvalue weighted by Crippen LogP contribution is -2.20. The first kappa shape index (κ1) is 14.3. The third-order valence-corrected chi connectivity index (χ3v) is 2.84. The van der Waals surface area contributed by atoms with Crippen molar-refractivity contribution in [2.24, 2.45) is 5.41 Å². The molecular formula is C12H14ClF3O. The summed E-state index contributed by atoms with van der Waals surface area (Å²) < 4.78 is 37.6. The maximum absolute atomic E-state index is 12.5. The molecule has 96 valence electrons. The van der Waals surface area contributed by atoms with Crippen molar-refractivity contribution >= 4 is 11.6 Å². The van der Waals surface area contributed by atoms with Gasteiger partial charge in [-0.2, -0.15) is 13.2 Å². The van der Waals surface area contributed by atoms with Gasteiger partial charge in [0.1, 0.15) is 0 Å². The maximum Gasteiger partial charge on any atom is 0.416 e. The van der Waals surface area contributed by atoms with Crippen molar-refractivity contribution in [3.63, 3.8) is 0 Å². The van der Waals surface area contributed by atoms with Gasteiger partial charge in [-0.05, 0) is 35.6 Å². The normalized spacial score (nSPS) is 12.9. The second-order valence-corrected chi connectivity index (χ2v) is 5.21. The number of benzene rings is 1. The molecule has 0 amide bonds. The molecule has 0 aliphatic heterocycles. The van der Waals surface area contributed by atoms with Crippen molar-refractivity contribution in [3.8, 4) is 0 Å². The van der Waals surface area contributed by atoms with E-state index >= 15 is 0 Å². The van der Waals surface area contributed by atoms with E-state index in [0.29, 0.717) is 17.0 Å². The minimum absolute atomic E-state index is 0.112. The number of alkyl halides is 3. The highest BCUT2D eigenvalue weighted by Gasteiger charge is 2.31. The second-order valence-electron chi connectivity index (χ2n) is 4.80. The SMILES string of the molecule is CC(C)(CO)Cc1cc(C(F)(F)F)ccc1Cl. The molecule has 0 saturated carbocycles. The fourth-order valence-electron chi connectivity index (χ4n) is 1.46. The zero-order valence-corrected chi connectivity index (χ0v) is 10.4. The van der Waals surface area contributed by atoms with E-state index in [0.717, 1.165) is 12.1 Å². The van der Waals surface area contributed by atoms with E-state index in [4.69, 9.17) is 16.7 Å². The molecule has 0 radical (unpaired) electrons. The van der Waals surface area contributed by atoms with Crippen LogP contribution in [0.1, 0.15) is 25.0 Å². The first-order valence-corrected chi connectivity index (χ1v) is 5.50. The summed E-state index contributed by atoms with van der Waals surface area (Å²) in [6.45, 7) is 3.42. The lowest BCUT2D eigenvalue weighted by molar-refractivity contribution is -0.137. The van der Waals surface area contributed by atoms with Crippen LogP contribution in [-0.4, -0.2) is 11.7 Å². The fraction of sp³-hybridized carbons (Fsp3) is 0.500. The quantitative estimate of drug-likeness (QED) is 0.879. The van der Waals surface area contributed by atoms with Gasteiger partial charge in [-0.3, -0.25) is 0 Å². The average Bonchev–Trinajstić information content (AvgIpc) is 2.19. The summed E-state index contributed by atoms with van der Waals surface area (Å²) in [6.07, 6.45) is -4.07. The molecule has 1 rings (SSSR count). The third kappa shape index (κ3) is 3.89. The van der Waals surface area contributed by atoms with Gasteiger partial charge < -0.3 is 5.11 Å². The molecule has 1 aromatic rings. The first-order chi connectivity index (χ1) is 7.65. The van der Waals surface area contributed by atoms with Gasteiger partial charge in [0.25, 0.3) is 0 Å². The van der Waals surface area contributed by atoms with E-state index in [1.165, 1.54) is 6.07 Å². The van der Waals surface area contributed by atoms with Gasteiger partial charge >= 0.3 is 6.18 Å². The molecule has 0 atom stereocenters. The molecule has 1 N–H and O–H groups in total. The summed E-state index contributed by atoms with van der Waals surface area (Å²) in [5.41, 5.74) is -0.806. The van der Waals surface area contributed by atoms with Crippen LogP contribution in [0.5, 0.6) is 0 Å². The Hall–Kier alpha value is -0.740. The molecule has 0 aromatic heterocycles. The first-order valence-electron chi connectivity index (χ1n) is 5.12. The van der Waals surface area contributed by atoms with E-state index in [9.17, 15) is 13.2 Å². The summed E-state index contributed by atoms with van der Waals surface area (Å²) in [4.78, 5) is 0. The van der Waals surface area contributed by atoms with Crippen LogP contribution in [0.4, 0.5) is 13.2 Å². The zero-order chi connectivity index (χ0) is 13.3. The molecular weight excluding hydrogens is 253 g/mol. The zero-order valence-electron chi connectivity index (χ0n) is 9.61. The molecule has 17 heavy (non-hydrogen) atoms. The molecule has 0 fully saturated rings. The highest BCUT2D eigenvalue weighted by Crippen LogP contribution is 2.33. The number of aliphatic hydroxyl groups is 1. The van der Waals surface area contributed by atoms with E-state index in [1.807, 2.05) is 0 Å². The minimum Gasteiger partial charge on any atom is -0.396 e. The predicted molar refractivity (Wildman–Crippen MR) is 61.0 cm³/mol. The summed E-state index contributed by atoms with van der Waals surface area (Å²) in [6, 6.07) is 3.24. The molecule has 0 heterocycles. The Labute approximate surface area is 103 Å². The molecule has 0 bridgehead atoms. The average molecular weight is 267 g/mol. The van der Waals surface area contributed by atoms with Crippen LogP contribution in [0.25, 0.3) is 0 Å². The Morgan fingerprint density at radius 3 is 2.29 bits per heavy atom. The van der Waals surface area contributed by atoms with Crippen molar-refractivity contribution in [3.05, 3.63) is 34.3 Å². The van der Waals surface area contributed by atoms with Gasteiger partial charge in [0, 0.05) is 11.6 Å². The molecule has 5 heteroatoms. The fourth-order valence-corrected chi connectivity index (χ4v) is 1.64. The molecule has 1 aromatic carbocycles. The van der Waals surface area contributed by atoms with Crippen molar-refractivity contribution in [2.75, 3.05) is 6.61 Å². The Kier molecular flexibility index (Phi) is 4.10. The third-order valence-electron chi connectivity index (χ3n) is 2.47. The highest BCUT2D eigenvalue weighted by atomic mass is 35.5. The van der Waals surface area contributed by atoms with Crippen LogP contribution >= 0.6 is 11.6 Å². The topological polar surface area (TPSA) is 20.2 Å². The summed E-state index contributed by atoms with van der Waals surface area (Å²) in [5.74, 6) is 0. The number of hydrogen-bond acceptors (Lipinski definition) is 1. The predicted octanol–water partition coefficient (Wildman–Crippen LogP) is 3.92. The molecule has 1 nitrogen and oxygen atoms in total. The number of rotatable bonds is 3. The lowest BCUT2D eigenvalue weighted by atomic mass is 9.86. The monoisotopic (exact) mass is 266 g/mol. The summed E-state index contributed by atoms with van der Waals surface area (Å²) >= 11 is 5.86. The van der Waals surface area contributed by atoms with Crippen molar-refractivity contribution in [2.45, 2.75) is 26.4 Å². The highest BCUT2D eigenvalue weighted by molar-refractivity contribution is 6.31. The van der Waals surface area contributed by atoms with Gasteiger partial charge in [0.05, 0.1) is 5.56 Å². The molecule has 0 aliphatic rings. The van der Waals surface area contributed by atoms with Crippen LogP contribution < -0.4 is 0 Å². The standard InChI is InChI=1S/C12H14ClF3O/c1-11(2,7-17)6-8-5-9(12(14,15)16)3-4-10(8)13/h3-5,17H,6-7H2,1-2H3. The molecule has 0 aliphatic carbocycles. The maximum atomic E-state index is 12.5. The Morgan fingerprint density at radius 1 is 1.24 bits per heavy atom. The summed E-state index contributed by atoms with van der Waals surface area (Å²) in [5, 5.41) is 9.40. The molecule has 0 spiro atoms. The van der Waals surface area contributed by atoms with E-state index in [2.05, 4.69) is 0 Å². The number of halogens is 4. The van der Waals surface area contributed by atoms with Crippen LogP contribution in [0.2, 0.25) is 5.02 Å². The summed E-state index contributed by atoms with van der Waals surface area (Å²) in [7, 11) is 0. The smallest absolute Gasteiger partial charge is 0.396 e. The lowest BCUT2D eigenvalue weighted by Gasteiger charge is -2.22. The van der Waals surface area contributed by atoms with Gasteiger partial charge in [0.15, 0.2) is 0 Å². The number of hydrogen-bond donors (Lipinski definition) is 1. The molecule has 0 saturated heterocycles. The van der Waals surface area contributed by atoms with Crippen molar-refractivity contribution in [1.29, 1.82) is 0 Å². The van der Waals surface area contributed by atoms with Crippen LogP contribution in [-0.2, 0) is 12.6 Å². The van der Waals surface area contributed by atoms with Gasteiger partial charge in [0.2, 0.25) is 0 Å². The largest absolute Gasteiger partial charge is 0.416 e. The molecule has 0 unspecified atom stereocenters. The van der Waals surface area contributed by atoms with E-state index in [1.54, 1.807) is 13.8 Å². The van der Waals surface area contributed by atoms with Gasteiger partial charge in [-0.1, -0.05) is 25.4 Å². The van der Waals surface area contributed by atoms with Gasteiger partial charge in [-0.25, -0.2) is 0 Å². The van der Waals surface area contributed by atoms with Gasteiger partial charge in [-0.15, -0.1) is 0 Å². The van der Waals surface area contributed by atoms with Crippen molar-refractivity contribution < 1.29 is 18.3 Å². The van der Waals surface area contributed by atoms with Crippen LogP contribution in [0.3, 0.4) is 0 Å². The van der Waals surface area contributed by atoms with E-state index in [-0.39, 0.29) is 6.61 Å². The Morgan fingerprint density at radius 2 is 1.82 bits per heavy atom. The van der Waals surface area contributed by atoms with E-state index < -0.39 is 17.2 Å². The second kappa shape index (κ2) is 4.86. The Bertz CT molecular complexity index is 399. The van der Waals surface area contributed by atoms with Crippen LogP contribution in [0, 0.1) is 5.41 Å².